The number of hydrogen-bond donors (Lipinski definition) is 0. The van der Waals surface area contributed by atoms with E-state index in [2.05, 4.69) is 0 Å². The first-order chi connectivity index (χ1) is 4.83. The lowest BCUT2D eigenvalue weighted by molar-refractivity contribution is -0.116. The zero-order valence-corrected chi connectivity index (χ0v) is 7.38. The van der Waals surface area contributed by atoms with Gasteiger partial charge in [0.25, 0.3) is 0 Å². The van der Waals surface area contributed by atoms with Gasteiger partial charge in [-0.15, -0.1) is 11.6 Å². The molecule has 1 fully saturated rings. The Morgan fingerprint density at radius 1 is 1.60 bits per heavy atom. The molecule has 0 N–H and O–H groups in total. The van der Waals surface area contributed by atoms with E-state index in [1.807, 2.05) is 11.8 Å². The molecule has 3 heteroatoms. The minimum absolute atomic E-state index is 0.176. The molecule has 1 aliphatic carbocycles. The Hall–Kier alpha value is 0.310. The second-order valence-corrected chi connectivity index (χ2v) is 4.17. The normalized spacial score (nSPS) is 17.3. The zero-order valence-electron chi connectivity index (χ0n) is 5.81. The lowest BCUT2D eigenvalue weighted by Gasteiger charge is -1.94. The van der Waals surface area contributed by atoms with Gasteiger partial charge in [0, 0.05) is 17.4 Å². The molecule has 0 unspecified atom stereocenters. The molecule has 0 amide bonds. The molecule has 10 heavy (non-hydrogen) atoms. The second kappa shape index (κ2) is 4.24. The minimum Gasteiger partial charge on any atom is -0.298 e. The Balaban J connectivity index is 1.88. The Kier molecular flexibility index (Phi) is 3.57. The van der Waals surface area contributed by atoms with Crippen LogP contribution in [0.4, 0.5) is 0 Å². The van der Waals surface area contributed by atoms with E-state index in [1.165, 1.54) is 12.8 Å². The van der Waals surface area contributed by atoms with E-state index in [4.69, 9.17) is 11.6 Å². The highest BCUT2D eigenvalue weighted by Crippen LogP contribution is 2.34. The quantitative estimate of drug-likeness (QED) is 0.600. The summed E-state index contributed by atoms with van der Waals surface area (Å²) in [5, 5.41) is 0.864. The molecule has 0 spiro atoms. The Morgan fingerprint density at radius 3 is 2.80 bits per heavy atom. The fourth-order valence-corrected chi connectivity index (χ4v) is 1.92. The van der Waals surface area contributed by atoms with E-state index in [1.54, 1.807) is 0 Å². The SMILES string of the molecule is O=C(CCl)CCSC1CC1. The summed E-state index contributed by atoms with van der Waals surface area (Å²) >= 11 is 7.23. The van der Waals surface area contributed by atoms with Gasteiger partial charge in [-0.05, 0) is 12.8 Å². The van der Waals surface area contributed by atoms with E-state index in [9.17, 15) is 4.79 Å². The lowest BCUT2D eigenvalue weighted by Crippen LogP contribution is -2.00. The van der Waals surface area contributed by atoms with Crippen LogP contribution < -0.4 is 0 Å². The van der Waals surface area contributed by atoms with Gasteiger partial charge >= 0.3 is 0 Å². The molecule has 1 saturated carbocycles. The summed E-state index contributed by atoms with van der Waals surface area (Å²) in [7, 11) is 0. The number of ketones is 1. The van der Waals surface area contributed by atoms with Crippen LogP contribution in [0.15, 0.2) is 0 Å². The zero-order chi connectivity index (χ0) is 7.40. The van der Waals surface area contributed by atoms with Crippen LogP contribution in [0.1, 0.15) is 19.3 Å². The number of rotatable bonds is 5. The number of alkyl halides is 1. The average molecular weight is 179 g/mol. The summed E-state index contributed by atoms with van der Waals surface area (Å²) in [5.74, 6) is 1.33. The van der Waals surface area contributed by atoms with Gasteiger partial charge in [-0.25, -0.2) is 0 Å². The standard InChI is InChI=1S/C7H11ClOS/c8-5-6(9)3-4-10-7-1-2-7/h7H,1-5H2. The van der Waals surface area contributed by atoms with Crippen LogP contribution in [0.5, 0.6) is 0 Å². The molecule has 0 atom stereocenters. The van der Waals surface area contributed by atoms with Crippen LogP contribution in [-0.4, -0.2) is 22.7 Å². The second-order valence-electron chi connectivity index (χ2n) is 2.49. The molecular formula is C7H11ClOS. The minimum atomic E-state index is 0.176. The first kappa shape index (κ1) is 8.41. The predicted molar refractivity (Wildman–Crippen MR) is 45.8 cm³/mol. The van der Waals surface area contributed by atoms with Crippen LogP contribution >= 0.6 is 23.4 Å². The van der Waals surface area contributed by atoms with Gasteiger partial charge in [0.15, 0.2) is 0 Å². The summed E-state index contributed by atoms with van der Waals surface area (Å²) in [4.78, 5) is 10.7. The summed E-state index contributed by atoms with van der Waals surface area (Å²) in [6.07, 6.45) is 3.35. The summed E-state index contributed by atoms with van der Waals surface area (Å²) in [5.41, 5.74) is 0. The molecule has 0 bridgehead atoms. The fourth-order valence-electron chi connectivity index (χ4n) is 0.641. The maximum absolute atomic E-state index is 10.7. The summed E-state index contributed by atoms with van der Waals surface area (Å²) in [6.45, 7) is 0. The van der Waals surface area contributed by atoms with Crippen molar-refractivity contribution in [3.63, 3.8) is 0 Å². The highest BCUT2D eigenvalue weighted by molar-refractivity contribution is 8.00. The first-order valence-corrected chi connectivity index (χ1v) is 5.10. The molecule has 0 heterocycles. The van der Waals surface area contributed by atoms with Gasteiger partial charge in [0.05, 0.1) is 5.88 Å². The number of carbonyl (C=O) groups is 1. The van der Waals surface area contributed by atoms with Crippen LogP contribution in [0.25, 0.3) is 0 Å². The van der Waals surface area contributed by atoms with Crippen molar-refractivity contribution in [2.75, 3.05) is 11.6 Å². The highest BCUT2D eigenvalue weighted by Gasteiger charge is 2.21. The molecule has 58 valence electrons. The van der Waals surface area contributed by atoms with Crippen LogP contribution in [-0.2, 0) is 4.79 Å². The smallest absolute Gasteiger partial charge is 0.148 e. The van der Waals surface area contributed by atoms with Crippen molar-refractivity contribution < 1.29 is 4.79 Å². The van der Waals surface area contributed by atoms with E-state index in [-0.39, 0.29) is 11.7 Å². The third-order valence-electron chi connectivity index (χ3n) is 1.41. The molecule has 1 rings (SSSR count). The van der Waals surface area contributed by atoms with Crippen molar-refractivity contribution in [2.24, 2.45) is 0 Å². The van der Waals surface area contributed by atoms with Gasteiger partial charge < -0.3 is 0 Å². The Morgan fingerprint density at radius 2 is 2.30 bits per heavy atom. The highest BCUT2D eigenvalue weighted by atomic mass is 35.5. The molecule has 1 nitrogen and oxygen atoms in total. The molecule has 0 aromatic heterocycles. The molecule has 0 aromatic carbocycles. The van der Waals surface area contributed by atoms with Crippen molar-refractivity contribution in [1.82, 2.24) is 0 Å². The van der Waals surface area contributed by atoms with E-state index >= 15 is 0 Å². The van der Waals surface area contributed by atoms with E-state index < -0.39 is 0 Å². The molecule has 0 radical (unpaired) electrons. The van der Waals surface area contributed by atoms with Gasteiger partial charge in [-0.2, -0.15) is 11.8 Å². The van der Waals surface area contributed by atoms with Crippen molar-refractivity contribution in [2.45, 2.75) is 24.5 Å². The number of Topliss-reactive ketones (excluding diaryl/α,β-unsaturated/α-hetero) is 1. The fraction of sp³-hybridized carbons (Fsp3) is 0.857. The van der Waals surface area contributed by atoms with Crippen LogP contribution in [0.2, 0.25) is 0 Å². The van der Waals surface area contributed by atoms with Gasteiger partial charge in [0.1, 0.15) is 5.78 Å². The number of halogens is 1. The van der Waals surface area contributed by atoms with Gasteiger partial charge in [-0.1, -0.05) is 0 Å². The number of thioether (sulfide) groups is 1. The van der Waals surface area contributed by atoms with Crippen molar-refractivity contribution in [3.8, 4) is 0 Å². The molecule has 1 aliphatic rings. The van der Waals surface area contributed by atoms with Crippen molar-refractivity contribution >= 4 is 29.1 Å². The van der Waals surface area contributed by atoms with Crippen molar-refractivity contribution in [3.05, 3.63) is 0 Å². The third kappa shape index (κ3) is 3.47. The predicted octanol–water partition coefficient (Wildman–Crippen LogP) is 2.08. The molecule has 0 aromatic rings. The average Bonchev–Trinajstić information content (AvgIpc) is 2.71. The molecule has 0 saturated heterocycles. The summed E-state index contributed by atoms with van der Waals surface area (Å²) in [6, 6.07) is 0. The number of hydrogen-bond acceptors (Lipinski definition) is 2. The third-order valence-corrected chi connectivity index (χ3v) is 3.09. The molecular weight excluding hydrogens is 168 g/mol. The topological polar surface area (TPSA) is 17.1 Å². The maximum Gasteiger partial charge on any atom is 0.148 e. The van der Waals surface area contributed by atoms with Crippen LogP contribution in [0, 0.1) is 0 Å². The van der Waals surface area contributed by atoms with E-state index in [0.29, 0.717) is 6.42 Å². The number of carbonyl (C=O) groups excluding carboxylic acids is 1. The Bertz CT molecular complexity index is 123. The Labute approximate surface area is 70.5 Å². The van der Waals surface area contributed by atoms with Gasteiger partial charge in [-0.3, -0.25) is 4.79 Å². The first-order valence-electron chi connectivity index (χ1n) is 3.52. The monoisotopic (exact) mass is 178 g/mol. The largest absolute Gasteiger partial charge is 0.298 e. The van der Waals surface area contributed by atoms with Gasteiger partial charge in [0.2, 0.25) is 0 Å². The maximum atomic E-state index is 10.7. The van der Waals surface area contributed by atoms with Crippen molar-refractivity contribution in [1.29, 1.82) is 0 Å². The van der Waals surface area contributed by atoms with E-state index in [0.717, 1.165) is 11.0 Å². The summed E-state index contributed by atoms with van der Waals surface area (Å²) < 4.78 is 0. The van der Waals surface area contributed by atoms with Crippen LogP contribution in [0.3, 0.4) is 0 Å². The molecule has 0 aliphatic heterocycles. The lowest BCUT2D eigenvalue weighted by atomic mass is 10.3.